The second-order valence-corrected chi connectivity index (χ2v) is 6.99. The maximum atomic E-state index is 6.12. The maximum Gasteiger partial charge on any atom is 0.203 e. The molecule has 0 saturated carbocycles. The van der Waals surface area contributed by atoms with Crippen molar-refractivity contribution >= 4 is 45.9 Å². The van der Waals surface area contributed by atoms with Crippen LogP contribution in [0.25, 0.3) is 11.3 Å². The van der Waals surface area contributed by atoms with Gasteiger partial charge < -0.3 is 0 Å². The summed E-state index contributed by atoms with van der Waals surface area (Å²) in [5.74, 6) is 0. The summed E-state index contributed by atoms with van der Waals surface area (Å²) >= 11 is 13.6. The minimum absolute atomic E-state index is 0.486. The Morgan fingerprint density at radius 1 is 1.12 bits per heavy atom. The van der Waals surface area contributed by atoms with Crippen LogP contribution in [0.15, 0.2) is 46.9 Å². The van der Waals surface area contributed by atoms with Crippen LogP contribution in [0.3, 0.4) is 0 Å². The Kier molecular flexibility index (Phi) is 5.19. The van der Waals surface area contributed by atoms with E-state index in [-0.39, 0.29) is 0 Å². The normalized spacial score (nSPS) is 11.2. The number of aryl methyl sites for hydroxylation is 2. The van der Waals surface area contributed by atoms with Gasteiger partial charge in [-0.2, -0.15) is 5.10 Å². The second-order valence-electron chi connectivity index (χ2n) is 5.35. The van der Waals surface area contributed by atoms with Gasteiger partial charge in [-0.05, 0) is 37.1 Å². The van der Waals surface area contributed by atoms with Crippen LogP contribution >= 0.6 is 34.5 Å². The molecule has 3 nitrogen and oxygen atoms in total. The van der Waals surface area contributed by atoms with E-state index in [0.29, 0.717) is 10.0 Å². The maximum absolute atomic E-state index is 6.12. The molecule has 1 N–H and O–H groups in total. The van der Waals surface area contributed by atoms with E-state index in [0.717, 1.165) is 22.0 Å². The molecule has 0 fully saturated rings. The largest absolute Gasteiger partial charge is 0.253 e. The highest BCUT2D eigenvalue weighted by Crippen LogP contribution is 2.27. The zero-order valence-corrected chi connectivity index (χ0v) is 15.5. The van der Waals surface area contributed by atoms with Crippen molar-refractivity contribution in [2.45, 2.75) is 13.8 Å². The number of hydrazone groups is 1. The molecular formula is C18H15Cl2N3S. The van der Waals surface area contributed by atoms with Gasteiger partial charge in [0.15, 0.2) is 0 Å². The van der Waals surface area contributed by atoms with E-state index >= 15 is 0 Å². The first-order valence-corrected chi connectivity index (χ1v) is 8.94. The first-order chi connectivity index (χ1) is 11.5. The molecule has 0 bridgehead atoms. The van der Waals surface area contributed by atoms with Crippen LogP contribution in [-0.2, 0) is 0 Å². The number of thiazole rings is 1. The van der Waals surface area contributed by atoms with Crippen LogP contribution in [-0.4, -0.2) is 11.2 Å². The predicted octanol–water partition coefficient (Wildman–Crippen LogP) is 6.18. The SMILES string of the molecule is Cc1ccc(-c2csc(N/N=C\c3cccc(Cl)c3Cl)n2)cc1C. The molecule has 24 heavy (non-hydrogen) atoms. The van der Waals surface area contributed by atoms with Gasteiger partial charge >= 0.3 is 0 Å². The van der Waals surface area contributed by atoms with Crippen molar-refractivity contribution in [3.63, 3.8) is 0 Å². The molecule has 0 unspecified atom stereocenters. The molecule has 3 rings (SSSR count). The molecule has 0 aliphatic carbocycles. The summed E-state index contributed by atoms with van der Waals surface area (Å²) in [7, 11) is 0. The molecule has 0 radical (unpaired) electrons. The lowest BCUT2D eigenvalue weighted by atomic mass is 10.1. The molecule has 1 heterocycles. The van der Waals surface area contributed by atoms with E-state index in [9.17, 15) is 0 Å². The number of rotatable bonds is 4. The van der Waals surface area contributed by atoms with E-state index < -0.39 is 0 Å². The molecule has 3 aromatic rings. The van der Waals surface area contributed by atoms with Gasteiger partial charge in [0.25, 0.3) is 0 Å². The third kappa shape index (κ3) is 3.78. The molecule has 1 aromatic heterocycles. The fourth-order valence-corrected chi connectivity index (χ4v) is 3.16. The number of hydrogen-bond donors (Lipinski definition) is 1. The minimum Gasteiger partial charge on any atom is -0.253 e. The summed E-state index contributed by atoms with van der Waals surface area (Å²) in [5, 5.41) is 7.90. The number of halogens is 2. The molecule has 0 amide bonds. The van der Waals surface area contributed by atoms with E-state index in [4.69, 9.17) is 23.2 Å². The molecule has 0 spiro atoms. The second kappa shape index (κ2) is 7.34. The summed E-state index contributed by atoms with van der Waals surface area (Å²) < 4.78 is 0. The highest BCUT2D eigenvalue weighted by Gasteiger charge is 2.05. The first-order valence-electron chi connectivity index (χ1n) is 7.31. The Bertz CT molecular complexity index is 903. The standard InChI is InChI=1S/C18H15Cl2N3S/c1-11-6-7-13(8-12(11)2)16-10-24-18(22-16)23-21-9-14-4-3-5-15(19)17(14)20/h3-10H,1-2H3,(H,22,23)/b21-9-. The molecule has 122 valence electrons. The van der Waals surface area contributed by atoms with Gasteiger partial charge in [0.2, 0.25) is 5.13 Å². The molecule has 0 saturated heterocycles. The van der Waals surface area contributed by atoms with Crippen molar-refractivity contribution < 1.29 is 0 Å². The van der Waals surface area contributed by atoms with Crippen molar-refractivity contribution in [2.24, 2.45) is 5.10 Å². The molecule has 2 aromatic carbocycles. The topological polar surface area (TPSA) is 37.3 Å². The minimum atomic E-state index is 0.486. The van der Waals surface area contributed by atoms with Crippen molar-refractivity contribution in [1.29, 1.82) is 0 Å². The van der Waals surface area contributed by atoms with Crippen LogP contribution in [0, 0.1) is 13.8 Å². The molecule has 0 aliphatic rings. The first kappa shape index (κ1) is 17.0. The smallest absolute Gasteiger partial charge is 0.203 e. The van der Waals surface area contributed by atoms with Crippen LogP contribution in [0.5, 0.6) is 0 Å². The lowest BCUT2D eigenvalue weighted by Crippen LogP contribution is -1.91. The van der Waals surface area contributed by atoms with Gasteiger partial charge in [0.1, 0.15) is 0 Å². The number of nitrogens with zero attached hydrogens (tertiary/aromatic N) is 2. The van der Waals surface area contributed by atoms with Crippen LogP contribution in [0.2, 0.25) is 10.0 Å². The zero-order chi connectivity index (χ0) is 17.1. The zero-order valence-electron chi connectivity index (χ0n) is 13.2. The van der Waals surface area contributed by atoms with Crippen LogP contribution in [0.1, 0.15) is 16.7 Å². The Morgan fingerprint density at radius 2 is 1.96 bits per heavy atom. The highest BCUT2D eigenvalue weighted by atomic mass is 35.5. The molecule has 0 atom stereocenters. The fraction of sp³-hybridized carbons (Fsp3) is 0.111. The van der Waals surface area contributed by atoms with E-state index in [1.54, 1.807) is 12.3 Å². The number of anilines is 1. The van der Waals surface area contributed by atoms with Crippen molar-refractivity contribution in [1.82, 2.24) is 4.98 Å². The number of benzene rings is 2. The average Bonchev–Trinajstić information content (AvgIpc) is 3.03. The van der Waals surface area contributed by atoms with Crippen molar-refractivity contribution in [3.8, 4) is 11.3 Å². The molecular weight excluding hydrogens is 361 g/mol. The molecule has 0 aliphatic heterocycles. The Morgan fingerprint density at radius 3 is 2.75 bits per heavy atom. The third-order valence-corrected chi connectivity index (χ3v) is 5.23. The average molecular weight is 376 g/mol. The van der Waals surface area contributed by atoms with Crippen molar-refractivity contribution in [3.05, 3.63) is 68.5 Å². The Hall–Kier alpha value is -1.88. The van der Waals surface area contributed by atoms with Gasteiger partial charge in [-0.15, -0.1) is 11.3 Å². The van der Waals surface area contributed by atoms with Gasteiger partial charge in [-0.3, -0.25) is 5.43 Å². The highest BCUT2D eigenvalue weighted by molar-refractivity contribution is 7.14. The van der Waals surface area contributed by atoms with Gasteiger partial charge in [-0.1, -0.05) is 47.5 Å². The monoisotopic (exact) mass is 375 g/mol. The van der Waals surface area contributed by atoms with E-state index in [1.165, 1.54) is 22.5 Å². The Balaban J connectivity index is 1.73. The van der Waals surface area contributed by atoms with Crippen molar-refractivity contribution in [2.75, 3.05) is 5.43 Å². The van der Waals surface area contributed by atoms with Crippen LogP contribution in [0.4, 0.5) is 5.13 Å². The Labute approximate surface area is 155 Å². The van der Waals surface area contributed by atoms with Gasteiger partial charge in [0.05, 0.1) is 22.0 Å². The van der Waals surface area contributed by atoms with Gasteiger partial charge in [-0.25, -0.2) is 4.98 Å². The van der Waals surface area contributed by atoms with Gasteiger partial charge in [0, 0.05) is 16.5 Å². The number of aromatic nitrogens is 1. The molecule has 6 heteroatoms. The van der Waals surface area contributed by atoms with Crippen LogP contribution < -0.4 is 5.43 Å². The summed E-state index contributed by atoms with van der Waals surface area (Å²) in [4.78, 5) is 4.56. The summed E-state index contributed by atoms with van der Waals surface area (Å²) in [6.07, 6.45) is 1.63. The quantitative estimate of drug-likeness (QED) is 0.436. The fourth-order valence-electron chi connectivity index (χ4n) is 2.14. The predicted molar refractivity (Wildman–Crippen MR) is 105 cm³/mol. The third-order valence-electron chi connectivity index (χ3n) is 3.65. The number of hydrogen-bond acceptors (Lipinski definition) is 4. The summed E-state index contributed by atoms with van der Waals surface area (Å²) in [5.41, 5.74) is 8.24. The lowest BCUT2D eigenvalue weighted by Gasteiger charge is -2.02. The van der Waals surface area contributed by atoms with E-state index in [1.807, 2.05) is 17.5 Å². The summed E-state index contributed by atoms with van der Waals surface area (Å²) in [6, 6.07) is 11.7. The number of nitrogens with one attached hydrogen (secondary N) is 1. The summed E-state index contributed by atoms with van der Waals surface area (Å²) in [6.45, 7) is 4.20. The van der Waals surface area contributed by atoms with E-state index in [2.05, 4.69) is 47.6 Å². The lowest BCUT2D eigenvalue weighted by molar-refractivity contribution is 1.28.